The minimum atomic E-state index is 0.313. The van der Waals surface area contributed by atoms with Gasteiger partial charge < -0.3 is 32.8 Å². The van der Waals surface area contributed by atoms with E-state index in [1.807, 2.05) is 0 Å². The van der Waals surface area contributed by atoms with Gasteiger partial charge in [-0.2, -0.15) is 0 Å². The van der Waals surface area contributed by atoms with E-state index in [-0.39, 0.29) is 0 Å². The van der Waals surface area contributed by atoms with Gasteiger partial charge in [0.1, 0.15) is 11.5 Å². The van der Waals surface area contributed by atoms with Crippen molar-refractivity contribution in [2.24, 2.45) is 22.9 Å². The molecular weight excluding hydrogens is 436 g/mol. The molecule has 3 aromatic rings. The molecule has 0 fully saturated rings. The first-order valence-electron chi connectivity index (χ1n) is 12.3. The molecule has 0 aliphatic carbocycles. The van der Waals surface area contributed by atoms with E-state index >= 15 is 0 Å². The minimum absolute atomic E-state index is 0.313. The maximum Gasteiger partial charge on any atom is 0.122 e. The van der Waals surface area contributed by atoms with Gasteiger partial charge in [0.15, 0.2) is 0 Å². The quantitative estimate of drug-likeness (QED) is 0.288. The summed E-state index contributed by atoms with van der Waals surface area (Å²) in [6.45, 7) is 6.33. The van der Waals surface area contributed by atoms with Gasteiger partial charge in [-0.1, -0.05) is 12.1 Å². The normalized spacial score (nSPS) is 11.2. The van der Waals surface area contributed by atoms with Crippen molar-refractivity contribution < 1.29 is 9.84 Å². The number of nitrogens with two attached hydrogens (primary N) is 4. The zero-order valence-corrected chi connectivity index (χ0v) is 21.3. The van der Waals surface area contributed by atoms with E-state index in [9.17, 15) is 5.11 Å². The number of aryl methyl sites for hydroxylation is 2. The Bertz CT molecular complexity index is 1100. The van der Waals surface area contributed by atoms with Crippen LogP contribution in [0, 0.1) is 13.8 Å². The second-order valence-electron chi connectivity index (χ2n) is 9.10. The lowest BCUT2D eigenvalue weighted by molar-refractivity contribution is 0.414. The molecule has 35 heavy (non-hydrogen) atoms. The standard InChI is InChI=1S/C29H40N4O2/c1-18-12-24(28-20(4-8-30)16-26(35-3)17-21(28)5-9-31)13-19(2)27(18)25-14-22(6-10-32)29(34)23(15-25)7-11-33/h12-17,34H,4-11,30-33H2,1-3H3. The largest absolute Gasteiger partial charge is 0.507 e. The molecule has 188 valence electrons. The van der Waals surface area contributed by atoms with E-state index in [1.54, 1.807) is 7.11 Å². The van der Waals surface area contributed by atoms with Gasteiger partial charge in [0.05, 0.1) is 7.11 Å². The summed E-state index contributed by atoms with van der Waals surface area (Å²) in [5, 5.41) is 10.7. The third-order valence-electron chi connectivity index (χ3n) is 6.54. The van der Waals surface area contributed by atoms with E-state index in [2.05, 4.69) is 50.2 Å². The Morgan fingerprint density at radius 1 is 0.600 bits per heavy atom. The van der Waals surface area contributed by atoms with Crippen LogP contribution in [0.2, 0.25) is 0 Å². The molecule has 9 N–H and O–H groups in total. The fourth-order valence-corrected chi connectivity index (χ4v) is 5.09. The van der Waals surface area contributed by atoms with Crippen molar-refractivity contribution in [3.8, 4) is 33.8 Å². The number of aromatic hydroxyl groups is 1. The number of phenols is 1. The third kappa shape index (κ3) is 5.85. The van der Waals surface area contributed by atoms with Crippen molar-refractivity contribution in [1.82, 2.24) is 0 Å². The van der Waals surface area contributed by atoms with Gasteiger partial charge in [0, 0.05) is 0 Å². The Hall–Kier alpha value is -2.90. The summed E-state index contributed by atoms with van der Waals surface area (Å²) in [5.41, 5.74) is 34.6. The SMILES string of the molecule is COc1cc(CCN)c(-c2cc(C)c(-c3cc(CCN)c(O)c(CCN)c3)c(C)c2)c(CCN)c1. The number of benzene rings is 3. The smallest absolute Gasteiger partial charge is 0.122 e. The molecule has 0 heterocycles. The van der Waals surface area contributed by atoms with Crippen LogP contribution in [0.3, 0.4) is 0 Å². The van der Waals surface area contributed by atoms with Crippen molar-refractivity contribution in [3.63, 3.8) is 0 Å². The highest BCUT2D eigenvalue weighted by Gasteiger charge is 2.18. The molecule has 3 aromatic carbocycles. The van der Waals surface area contributed by atoms with Gasteiger partial charge in [-0.05, 0) is 146 Å². The van der Waals surface area contributed by atoms with Crippen molar-refractivity contribution in [2.45, 2.75) is 39.5 Å². The second-order valence-corrected chi connectivity index (χ2v) is 9.10. The number of hydrogen-bond acceptors (Lipinski definition) is 6. The third-order valence-corrected chi connectivity index (χ3v) is 6.54. The van der Waals surface area contributed by atoms with Crippen LogP contribution in [-0.2, 0) is 25.7 Å². The topological polar surface area (TPSA) is 134 Å². The predicted molar refractivity (Wildman–Crippen MR) is 146 cm³/mol. The fraction of sp³-hybridized carbons (Fsp3) is 0.379. The summed E-state index contributed by atoms with van der Waals surface area (Å²) < 4.78 is 5.56. The highest BCUT2D eigenvalue weighted by atomic mass is 16.5. The van der Waals surface area contributed by atoms with E-state index in [4.69, 9.17) is 27.7 Å². The first-order valence-corrected chi connectivity index (χ1v) is 12.3. The van der Waals surface area contributed by atoms with Gasteiger partial charge >= 0.3 is 0 Å². The van der Waals surface area contributed by atoms with Crippen LogP contribution >= 0.6 is 0 Å². The highest BCUT2D eigenvalue weighted by molar-refractivity contribution is 5.80. The first-order chi connectivity index (χ1) is 16.9. The average Bonchev–Trinajstić information content (AvgIpc) is 2.82. The molecule has 0 atom stereocenters. The molecule has 0 bridgehead atoms. The molecule has 0 aromatic heterocycles. The molecule has 0 unspecified atom stereocenters. The Balaban J connectivity index is 2.21. The Morgan fingerprint density at radius 2 is 1.00 bits per heavy atom. The van der Waals surface area contributed by atoms with Crippen LogP contribution in [0.25, 0.3) is 22.3 Å². The van der Waals surface area contributed by atoms with Gasteiger partial charge in [-0.3, -0.25) is 0 Å². The van der Waals surface area contributed by atoms with Gasteiger partial charge in [0.25, 0.3) is 0 Å². The summed E-state index contributed by atoms with van der Waals surface area (Å²) in [4.78, 5) is 0. The molecule has 0 radical (unpaired) electrons. The summed E-state index contributed by atoms with van der Waals surface area (Å²) in [5.74, 6) is 1.14. The Morgan fingerprint density at radius 3 is 1.40 bits per heavy atom. The zero-order chi connectivity index (χ0) is 25.5. The number of ether oxygens (including phenoxy) is 1. The number of phenolic OH excluding ortho intramolecular Hbond substituents is 1. The maximum absolute atomic E-state index is 10.7. The lowest BCUT2D eigenvalue weighted by Gasteiger charge is -2.20. The lowest BCUT2D eigenvalue weighted by Crippen LogP contribution is -2.09. The van der Waals surface area contributed by atoms with Crippen LogP contribution in [0.4, 0.5) is 0 Å². The van der Waals surface area contributed by atoms with Crippen molar-refractivity contribution >= 4 is 0 Å². The fourth-order valence-electron chi connectivity index (χ4n) is 5.09. The summed E-state index contributed by atoms with van der Waals surface area (Å²) in [6.07, 6.45) is 2.74. The molecule has 6 heteroatoms. The molecule has 0 spiro atoms. The molecule has 0 saturated heterocycles. The highest BCUT2D eigenvalue weighted by Crippen LogP contribution is 2.39. The van der Waals surface area contributed by atoms with E-state index in [1.165, 1.54) is 22.3 Å². The molecule has 0 amide bonds. The van der Waals surface area contributed by atoms with Crippen molar-refractivity contribution in [3.05, 3.63) is 69.8 Å². The number of methoxy groups -OCH3 is 1. The van der Waals surface area contributed by atoms with Crippen LogP contribution < -0.4 is 27.7 Å². The van der Waals surface area contributed by atoms with E-state index in [0.29, 0.717) is 44.8 Å². The van der Waals surface area contributed by atoms with Crippen LogP contribution in [0.5, 0.6) is 11.5 Å². The summed E-state index contributed by atoms with van der Waals surface area (Å²) in [7, 11) is 1.69. The van der Waals surface area contributed by atoms with Crippen molar-refractivity contribution in [2.75, 3.05) is 33.3 Å². The lowest BCUT2D eigenvalue weighted by atomic mass is 9.85. The zero-order valence-electron chi connectivity index (χ0n) is 21.3. The first kappa shape index (κ1) is 26.7. The molecule has 0 aliphatic rings. The minimum Gasteiger partial charge on any atom is -0.507 e. The van der Waals surface area contributed by atoms with Crippen molar-refractivity contribution in [1.29, 1.82) is 0 Å². The van der Waals surface area contributed by atoms with Crippen LogP contribution in [0.15, 0.2) is 36.4 Å². The molecular formula is C29H40N4O2. The summed E-state index contributed by atoms with van der Waals surface area (Å²) in [6, 6.07) is 12.8. The molecule has 0 saturated carbocycles. The summed E-state index contributed by atoms with van der Waals surface area (Å²) >= 11 is 0. The monoisotopic (exact) mass is 476 g/mol. The van der Waals surface area contributed by atoms with Gasteiger partial charge in [0.2, 0.25) is 0 Å². The van der Waals surface area contributed by atoms with E-state index < -0.39 is 0 Å². The van der Waals surface area contributed by atoms with Crippen LogP contribution in [-0.4, -0.2) is 38.4 Å². The second kappa shape index (κ2) is 12.2. The van der Waals surface area contributed by atoms with E-state index in [0.717, 1.165) is 52.0 Å². The predicted octanol–water partition coefficient (Wildman–Crippen LogP) is 3.36. The molecule has 0 aliphatic heterocycles. The number of rotatable bonds is 11. The average molecular weight is 477 g/mol. The van der Waals surface area contributed by atoms with Gasteiger partial charge in [-0.25, -0.2) is 0 Å². The molecule has 6 nitrogen and oxygen atoms in total. The Kier molecular flexibility index (Phi) is 9.29. The van der Waals surface area contributed by atoms with Crippen LogP contribution in [0.1, 0.15) is 33.4 Å². The maximum atomic E-state index is 10.7. The number of hydrogen-bond donors (Lipinski definition) is 5. The van der Waals surface area contributed by atoms with Gasteiger partial charge in [-0.15, -0.1) is 0 Å². The Labute approximate surface area is 209 Å². The molecule has 3 rings (SSSR count).